The van der Waals surface area contributed by atoms with Gasteiger partial charge in [-0.1, -0.05) is 23.7 Å². The first-order valence-corrected chi connectivity index (χ1v) is 8.01. The molecule has 0 fully saturated rings. The van der Waals surface area contributed by atoms with Crippen molar-refractivity contribution in [2.75, 3.05) is 13.7 Å². The summed E-state index contributed by atoms with van der Waals surface area (Å²) in [6, 6.07) is 10.7. The third-order valence-corrected chi connectivity index (χ3v) is 3.47. The lowest BCUT2D eigenvalue weighted by atomic mass is 10.1. The number of hydrogen-bond acceptors (Lipinski definition) is 6. The van der Waals surface area contributed by atoms with E-state index in [0.29, 0.717) is 16.3 Å². The zero-order chi connectivity index (χ0) is 18.9. The molecule has 1 aromatic carbocycles. The maximum absolute atomic E-state index is 11.8. The Kier molecular flexibility index (Phi) is 7.09. The lowest BCUT2D eigenvalue weighted by Crippen LogP contribution is -2.25. The standard InChI is InChI=1S/C18H17ClN4O3/c1-12-7-14(10-25-2)16(8-20)18(22-12)26-11-17(24)23-21-9-13-3-5-15(19)6-4-13/h3-7,9H,10-11H2,1-2H3,(H,23,24). The Morgan fingerprint density at radius 2 is 2.15 bits per heavy atom. The second-order valence-electron chi connectivity index (χ2n) is 5.28. The first-order chi connectivity index (χ1) is 12.5. The Morgan fingerprint density at radius 3 is 2.81 bits per heavy atom. The van der Waals surface area contributed by atoms with Gasteiger partial charge in [0, 0.05) is 23.4 Å². The van der Waals surface area contributed by atoms with Crippen LogP contribution in [0, 0.1) is 18.3 Å². The lowest BCUT2D eigenvalue weighted by Gasteiger charge is -2.10. The molecule has 0 spiro atoms. The van der Waals surface area contributed by atoms with Crippen molar-refractivity contribution in [3.05, 3.63) is 57.7 Å². The van der Waals surface area contributed by atoms with Gasteiger partial charge in [0.1, 0.15) is 11.6 Å². The second-order valence-corrected chi connectivity index (χ2v) is 5.72. The second kappa shape index (κ2) is 9.51. The minimum Gasteiger partial charge on any atom is -0.467 e. The van der Waals surface area contributed by atoms with E-state index in [1.165, 1.54) is 13.3 Å². The van der Waals surface area contributed by atoms with Crippen molar-refractivity contribution >= 4 is 23.7 Å². The van der Waals surface area contributed by atoms with E-state index in [4.69, 9.17) is 21.1 Å². The van der Waals surface area contributed by atoms with Crippen molar-refractivity contribution < 1.29 is 14.3 Å². The van der Waals surface area contributed by atoms with Gasteiger partial charge in [-0.3, -0.25) is 4.79 Å². The average molecular weight is 373 g/mol. The normalized spacial score (nSPS) is 10.5. The van der Waals surface area contributed by atoms with E-state index in [2.05, 4.69) is 15.5 Å². The molecule has 0 radical (unpaired) electrons. The van der Waals surface area contributed by atoms with Gasteiger partial charge >= 0.3 is 0 Å². The van der Waals surface area contributed by atoms with Gasteiger partial charge in [-0.2, -0.15) is 10.4 Å². The number of halogens is 1. The molecule has 0 bridgehead atoms. The number of carbonyl (C=O) groups is 1. The number of carbonyl (C=O) groups excluding carboxylic acids is 1. The fourth-order valence-electron chi connectivity index (χ4n) is 2.10. The highest BCUT2D eigenvalue weighted by atomic mass is 35.5. The van der Waals surface area contributed by atoms with E-state index in [1.54, 1.807) is 37.3 Å². The fraction of sp³-hybridized carbons (Fsp3) is 0.222. The van der Waals surface area contributed by atoms with Crippen LogP contribution in [0.4, 0.5) is 0 Å². The Bertz CT molecular complexity index is 845. The molecule has 8 heteroatoms. The number of pyridine rings is 1. The molecule has 0 saturated heterocycles. The van der Waals surface area contributed by atoms with Gasteiger partial charge in [-0.15, -0.1) is 0 Å². The third kappa shape index (κ3) is 5.55. The van der Waals surface area contributed by atoms with Crippen molar-refractivity contribution in [1.29, 1.82) is 5.26 Å². The molecule has 0 atom stereocenters. The van der Waals surface area contributed by atoms with Crippen LogP contribution in [0.1, 0.15) is 22.4 Å². The van der Waals surface area contributed by atoms with Crippen LogP contribution in [-0.2, 0) is 16.1 Å². The van der Waals surface area contributed by atoms with Crippen molar-refractivity contribution in [3.63, 3.8) is 0 Å². The summed E-state index contributed by atoms with van der Waals surface area (Å²) in [7, 11) is 1.53. The predicted molar refractivity (Wildman–Crippen MR) is 97.1 cm³/mol. The maximum Gasteiger partial charge on any atom is 0.278 e. The minimum absolute atomic E-state index is 0.0939. The molecule has 7 nitrogen and oxygen atoms in total. The summed E-state index contributed by atoms with van der Waals surface area (Å²) in [5, 5.41) is 13.8. The van der Waals surface area contributed by atoms with E-state index in [1.807, 2.05) is 6.07 Å². The maximum atomic E-state index is 11.8. The Hall–Kier alpha value is -2.95. The van der Waals surface area contributed by atoms with Gasteiger partial charge in [0.2, 0.25) is 5.88 Å². The zero-order valence-electron chi connectivity index (χ0n) is 14.3. The quantitative estimate of drug-likeness (QED) is 0.595. The van der Waals surface area contributed by atoms with E-state index in [0.717, 1.165) is 5.56 Å². The molecule has 2 aromatic rings. The van der Waals surface area contributed by atoms with Gasteiger partial charge < -0.3 is 9.47 Å². The van der Waals surface area contributed by atoms with Gasteiger partial charge in [0.15, 0.2) is 6.61 Å². The Morgan fingerprint density at radius 1 is 1.42 bits per heavy atom. The summed E-state index contributed by atoms with van der Waals surface area (Å²) < 4.78 is 10.5. The molecule has 0 aliphatic heterocycles. The van der Waals surface area contributed by atoms with Crippen LogP contribution in [0.5, 0.6) is 5.88 Å². The van der Waals surface area contributed by atoms with Crippen LogP contribution in [-0.4, -0.2) is 30.8 Å². The number of nitriles is 1. The predicted octanol–water partition coefficient (Wildman–Crippen LogP) is 2.59. The Balaban J connectivity index is 1.96. The van der Waals surface area contributed by atoms with E-state index >= 15 is 0 Å². The first kappa shape index (κ1) is 19.4. The number of hydrogen-bond donors (Lipinski definition) is 1. The number of nitrogens with one attached hydrogen (secondary N) is 1. The van der Waals surface area contributed by atoms with Gasteiger partial charge in [-0.25, -0.2) is 10.4 Å². The molecule has 26 heavy (non-hydrogen) atoms. The van der Waals surface area contributed by atoms with E-state index < -0.39 is 5.91 Å². The molecule has 0 aliphatic carbocycles. The average Bonchev–Trinajstić information content (AvgIpc) is 2.62. The van der Waals surface area contributed by atoms with Crippen LogP contribution >= 0.6 is 11.6 Å². The summed E-state index contributed by atoms with van der Waals surface area (Å²) in [5.74, 6) is -0.382. The van der Waals surface area contributed by atoms with Crippen molar-refractivity contribution in [2.24, 2.45) is 5.10 Å². The molecule has 134 valence electrons. The number of nitrogens with zero attached hydrogens (tertiary/aromatic N) is 3. The van der Waals surface area contributed by atoms with Crippen molar-refractivity contribution in [1.82, 2.24) is 10.4 Å². The topological polar surface area (TPSA) is 96.6 Å². The number of ether oxygens (including phenoxy) is 2. The number of aromatic nitrogens is 1. The lowest BCUT2D eigenvalue weighted by molar-refractivity contribution is -0.123. The number of benzene rings is 1. The van der Waals surface area contributed by atoms with Crippen LogP contribution < -0.4 is 10.2 Å². The molecule has 0 saturated carbocycles. The van der Waals surface area contributed by atoms with Crippen molar-refractivity contribution in [3.8, 4) is 11.9 Å². The molecule has 2 rings (SSSR count). The number of rotatable bonds is 7. The molecule has 1 N–H and O–H groups in total. The SMILES string of the molecule is COCc1cc(C)nc(OCC(=O)NN=Cc2ccc(Cl)cc2)c1C#N. The molecule has 0 aliphatic rings. The number of methoxy groups -OCH3 is 1. The smallest absolute Gasteiger partial charge is 0.278 e. The zero-order valence-corrected chi connectivity index (χ0v) is 15.1. The molecule has 1 amide bonds. The minimum atomic E-state index is -0.476. The molecular weight excluding hydrogens is 356 g/mol. The molecular formula is C18H17ClN4O3. The molecule has 1 aromatic heterocycles. The highest BCUT2D eigenvalue weighted by Crippen LogP contribution is 2.21. The number of aryl methyl sites for hydroxylation is 1. The van der Waals surface area contributed by atoms with Gasteiger partial charge in [0.05, 0.1) is 12.8 Å². The summed E-state index contributed by atoms with van der Waals surface area (Å²) >= 11 is 5.79. The summed E-state index contributed by atoms with van der Waals surface area (Å²) in [6.07, 6.45) is 1.48. The first-order valence-electron chi connectivity index (χ1n) is 7.63. The van der Waals surface area contributed by atoms with Crippen molar-refractivity contribution in [2.45, 2.75) is 13.5 Å². The van der Waals surface area contributed by atoms with Crippen LogP contribution in [0.2, 0.25) is 5.02 Å². The Labute approximate surface area is 156 Å². The molecule has 1 heterocycles. The summed E-state index contributed by atoms with van der Waals surface area (Å²) in [6.45, 7) is 1.69. The fourth-order valence-corrected chi connectivity index (χ4v) is 2.22. The largest absolute Gasteiger partial charge is 0.467 e. The van der Waals surface area contributed by atoms with E-state index in [9.17, 15) is 10.1 Å². The van der Waals surface area contributed by atoms with E-state index in [-0.39, 0.29) is 24.7 Å². The highest BCUT2D eigenvalue weighted by molar-refractivity contribution is 6.30. The highest BCUT2D eigenvalue weighted by Gasteiger charge is 2.14. The van der Waals surface area contributed by atoms with Crippen LogP contribution in [0.15, 0.2) is 35.4 Å². The molecule has 0 unspecified atom stereocenters. The third-order valence-electron chi connectivity index (χ3n) is 3.22. The number of amides is 1. The van der Waals surface area contributed by atoms with Crippen LogP contribution in [0.3, 0.4) is 0 Å². The number of hydrazone groups is 1. The summed E-state index contributed by atoms with van der Waals surface area (Å²) in [4.78, 5) is 16.0. The van der Waals surface area contributed by atoms with Crippen LogP contribution in [0.25, 0.3) is 0 Å². The van der Waals surface area contributed by atoms with Gasteiger partial charge in [-0.05, 0) is 30.7 Å². The summed E-state index contributed by atoms with van der Waals surface area (Å²) in [5.41, 5.74) is 4.69. The monoisotopic (exact) mass is 372 g/mol. The van der Waals surface area contributed by atoms with Gasteiger partial charge in [0.25, 0.3) is 5.91 Å².